The highest BCUT2D eigenvalue weighted by Crippen LogP contribution is 2.36. The number of ether oxygens (including phenoxy) is 4. The van der Waals surface area contributed by atoms with E-state index in [-0.39, 0.29) is 31.0 Å². The van der Waals surface area contributed by atoms with E-state index in [9.17, 15) is 9.59 Å². The quantitative estimate of drug-likeness (QED) is 0.424. The van der Waals surface area contributed by atoms with E-state index in [1.165, 1.54) is 0 Å². The Morgan fingerprint density at radius 1 is 1.00 bits per heavy atom. The van der Waals surface area contributed by atoms with Crippen LogP contribution in [0.1, 0.15) is 49.3 Å². The standard InChI is InChI=1S/C31H35N3O6/c1-37-24-15-14-22(17-27(24)38-2)29(30(35)33-23-10-4-3-5-11-23)34(19-21-9-8-16-32-18-21)31(36)28-20-39-25-12-6-7-13-26(25)40-28/h6-9,12-18,23,28-29H,3-5,10-11,19-20H2,1-2H3,(H,33,35)/t28-,29+/m1/s1. The molecule has 2 heterocycles. The fourth-order valence-electron chi connectivity index (χ4n) is 5.33. The largest absolute Gasteiger partial charge is 0.493 e. The molecule has 2 aromatic carbocycles. The van der Waals surface area contributed by atoms with Gasteiger partial charge in [0.1, 0.15) is 12.6 Å². The van der Waals surface area contributed by atoms with Gasteiger partial charge in [-0.1, -0.05) is 43.5 Å². The molecule has 1 aliphatic heterocycles. The number of amides is 2. The Kier molecular flexibility index (Phi) is 8.68. The molecule has 210 valence electrons. The third-order valence-electron chi connectivity index (χ3n) is 7.38. The fraction of sp³-hybridized carbons (Fsp3) is 0.387. The van der Waals surface area contributed by atoms with Crippen LogP contribution in [0.15, 0.2) is 67.0 Å². The van der Waals surface area contributed by atoms with Crippen molar-refractivity contribution in [1.29, 1.82) is 0 Å². The first-order valence-corrected chi connectivity index (χ1v) is 13.7. The molecule has 2 amide bonds. The lowest BCUT2D eigenvalue weighted by atomic mass is 9.94. The summed E-state index contributed by atoms with van der Waals surface area (Å²) in [5, 5.41) is 3.23. The minimum absolute atomic E-state index is 0.0300. The van der Waals surface area contributed by atoms with Crippen LogP contribution in [0.4, 0.5) is 0 Å². The second-order valence-electron chi connectivity index (χ2n) is 10.1. The summed E-state index contributed by atoms with van der Waals surface area (Å²) in [6, 6.07) is 15.3. The van der Waals surface area contributed by atoms with E-state index in [4.69, 9.17) is 18.9 Å². The van der Waals surface area contributed by atoms with Crippen molar-refractivity contribution in [3.05, 3.63) is 78.1 Å². The lowest BCUT2D eigenvalue weighted by Gasteiger charge is -2.36. The van der Waals surface area contributed by atoms with Gasteiger partial charge in [0.05, 0.1) is 14.2 Å². The Morgan fingerprint density at radius 3 is 2.50 bits per heavy atom. The number of carbonyl (C=O) groups is 2. The van der Waals surface area contributed by atoms with Crippen LogP contribution in [0, 0.1) is 0 Å². The van der Waals surface area contributed by atoms with E-state index in [0.717, 1.165) is 37.7 Å². The van der Waals surface area contributed by atoms with Crippen LogP contribution in [-0.2, 0) is 16.1 Å². The van der Waals surface area contributed by atoms with Crippen molar-refractivity contribution >= 4 is 11.8 Å². The predicted molar refractivity (Wildman–Crippen MR) is 148 cm³/mol. The number of rotatable bonds is 9. The van der Waals surface area contributed by atoms with Crippen molar-refractivity contribution < 1.29 is 28.5 Å². The minimum atomic E-state index is -0.963. The van der Waals surface area contributed by atoms with E-state index < -0.39 is 12.1 Å². The number of carbonyl (C=O) groups excluding carboxylic acids is 2. The molecular formula is C31H35N3O6. The van der Waals surface area contributed by atoms with Crippen LogP contribution in [0.3, 0.4) is 0 Å². The molecule has 1 aliphatic carbocycles. The molecule has 5 rings (SSSR count). The minimum Gasteiger partial charge on any atom is -0.493 e. The molecule has 9 heteroatoms. The lowest BCUT2D eigenvalue weighted by molar-refractivity contribution is -0.149. The maximum Gasteiger partial charge on any atom is 0.268 e. The van der Waals surface area contributed by atoms with Crippen molar-refractivity contribution in [2.75, 3.05) is 20.8 Å². The number of fused-ring (bicyclic) bond motifs is 1. The van der Waals surface area contributed by atoms with Gasteiger partial charge < -0.3 is 29.2 Å². The smallest absolute Gasteiger partial charge is 0.268 e. The molecule has 0 saturated heterocycles. The second kappa shape index (κ2) is 12.7. The Labute approximate surface area is 234 Å². The third kappa shape index (κ3) is 6.14. The van der Waals surface area contributed by atoms with Gasteiger partial charge in [0, 0.05) is 25.0 Å². The zero-order chi connectivity index (χ0) is 27.9. The molecular weight excluding hydrogens is 510 g/mol. The third-order valence-corrected chi connectivity index (χ3v) is 7.38. The van der Waals surface area contributed by atoms with Crippen molar-refractivity contribution in [2.45, 2.75) is 56.8 Å². The number of hydrogen-bond acceptors (Lipinski definition) is 7. The predicted octanol–water partition coefficient (Wildman–Crippen LogP) is 4.46. The van der Waals surface area contributed by atoms with Crippen LogP contribution in [-0.4, -0.2) is 54.7 Å². The molecule has 2 aliphatic rings. The Balaban J connectivity index is 1.54. The molecule has 9 nitrogen and oxygen atoms in total. The summed E-state index contributed by atoms with van der Waals surface area (Å²) in [5.41, 5.74) is 1.38. The first kappa shape index (κ1) is 27.3. The van der Waals surface area contributed by atoms with Gasteiger partial charge in [-0.05, 0) is 54.3 Å². The first-order valence-electron chi connectivity index (χ1n) is 13.7. The van der Waals surface area contributed by atoms with Crippen molar-refractivity contribution in [3.63, 3.8) is 0 Å². The van der Waals surface area contributed by atoms with E-state index in [2.05, 4.69) is 10.3 Å². The number of hydrogen-bond donors (Lipinski definition) is 1. The normalized spacial score (nSPS) is 17.4. The number of nitrogens with zero attached hydrogens (tertiary/aromatic N) is 2. The summed E-state index contributed by atoms with van der Waals surface area (Å²) in [4.78, 5) is 34.2. The van der Waals surface area contributed by atoms with E-state index >= 15 is 0 Å². The summed E-state index contributed by atoms with van der Waals surface area (Å²) < 4.78 is 23.0. The van der Waals surface area contributed by atoms with Gasteiger partial charge in [-0.2, -0.15) is 0 Å². The molecule has 0 bridgehead atoms. The van der Waals surface area contributed by atoms with Gasteiger partial charge in [-0.3, -0.25) is 14.6 Å². The Hall–Kier alpha value is -4.27. The summed E-state index contributed by atoms with van der Waals surface area (Å²) in [6.07, 6.45) is 7.56. The van der Waals surface area contributed by atoms with Crippen LogP contribution in [0.25, 0.3) is 0 Å². The summed E-state index contributed by atoms with van der Waals surface area (Å²) in [6.45, 7) is 0.174. The molecule has 0 unspecified atom stereocenters. The number of para-hydroxylation sites is 2. The van der Waals surface area contributed by atoms with Crippen LogP contribution in [0.5, 0.6) is 23.0 Å². The number of methoxy groups -OCH3 is 2. The molecule has 0 radical (unpaired) electrons. The molecule has 1 saturated carbocycles. The number of nitrogens with one attached hydrogen (secondary N) is 1. The van der Waals surface area contributed by atoms with Crippen molar-refractivity contribution in [1.82, 2.24) is 15.2 Å². The van der Waals surface area contributed by atoms with E-state index in [0.29, 0.717) is 28.6 Å². The zero-order valence-corrected chi connectivity index (χ0v) is 22.9. The molecule has 40 heavy (non-hydrogen) atoms. The van der Waals surface area contributed by atoms with Gasteiger partial charge >= 0.3 is 0 Å². The number of aromatic nitrogens is 1. The molecule has 1 fully saturated rings. The summed E-state index contributed by atoms with van der Waals surface area (Å²) in [5.74, 6) is 1.45. The van der Waals surface area contributed by atoms with Crippen molar-refractivity contribution in [3.8, 4) is 23.0 Å². The topological polar surface area (TPSA) is 99.2 Å². The highest BCUT2D eigenvalue weighted by molar-refractivity contribution is 5.91. The molecule has 0 spiro atoms. The summed E-state index contributed by atoms with van der Waals surface area (Å²) >= 11 is 0. The van der Waals surface area contributed by atoms with Gasteiger partial charge in [0.25, 0.3) is 5.91 Å². The van der Waals surface area contributed by atoms with Gasteiger partial charge in [0.2, 0.25) is 12.0 Å². The monoisotopic (exact) mass is 545 g/mol. The fourth-order valence-corrected chi connectivity index (χ4v) is 5.33. The lowest BCUT2D eigenvalue weighted by Crippen LogP contribution is -2.52. The SMILES string of the molecule is COc1ccc([C@@H](C(=O)NC2CCCCC2)N(Cc2cccnc2)C(=O)[C@H]2COc3ccccc3O2)cc1OC. The zero-order valence-electron chi connectivity index (χ0n) is 22.9. The Bertz CT molecular complexity index is 1310. The Morgan fingerprint density at radius 2 is 1.77 bits per heavy atom. The van der Waals surface area contributed by atoms with E-state index in [1.54, 1.807) is 61.8 Å². The second-order valence-corrected chi connectivity index (χ2v) is 10.1. The molecule has 3 aromatic rings. The average molecular weight is 546 g/mol. The summed E-state index contributed by atoms with van der Waals surface area (Å²) in [7, 11) is 3.10. The highest BCUT2D eigenvalue weighted by Gasteiger charge is 2.39. The number of benzene rings is 2. The van der Waals surface area contributed by atoms with E-state index in [1.807, 2.05) is 24.3 Å². The molecule has 2 atom stereocenters. The maximum absolute atomic E-state index is 14.3. The van der Waals surface area contributed by atoms with Gasteiger partial charge in [-0.15, -0.1) is 0 Å². The molecule has 1 N–H and O–H groups in total. The van der Waals surface area contributed by atoms with Gasteiger partial charge in [-0.25, -0.2) is 0 Å². The highest BCUT2D eigenvalue weighted by atomic mass is 16.6. The van der Waals surface area contributed by atoms with Crippen molar-refractivity contribution in [2.24, 2.45) is 0 Å². The van der Waals surface area contributed by atoms with Crippen LogP contribution >= 0.6 is 0 Å². The maximum atomic E-state index is 14.3. The number of pyridine rings is 1. The van der Waals surface area contributed by atoms with Gasteiger partial charge in [0.15, 0.2) is 23.0 Å². The molecule has 1 aromatic heterocycles. The van der Waals surface area contributed by atoms with Crippen LogP contribution < -0.4 is 24.3 Å². The average Bonchev–Trinajstić information content (AvgIpc) is 3.01. The first-order chi connectivity index (χ1) is 19.6. The van der Waals surface area contributed by atoms with Crippen LogP contribution in [0.2, 0.25) is 0 Å².